The maximum atomic E-state index is 13.3. The highest BCUT2D eigenvalue weighted by molar-refractivity contribution is 6.14. The van der Waals surface area contributed by atoms with Crippen LogP contribution in [0.1, 0.15) is 24.8 Å². The van der Waals surface area contributed by atoms with Crippen molar-refractivity contribution >= 4 is 23.3 Å². The van der Waals surface area contributed by atoms with E-state index < -0.39 is 28.7 Å². The maximum Gasteiger partial charge on any atom is 0.336 e. The number of hydrogen-bond acceptors (Lipinski definition) is 11. The van der Waals surface area contributed by atoms with Crippen molar-refractivity contribution in [1.29, 1.82) is 5.26 Å². The number of nitriles is 1. The summed E-state index contributed by atoms with van der Waals surface area (Å²) in [4.78, 5) is 41.0. The number of benzene rings is 2. The summed E-state index contributed by atoms with van der Waals surface area (Å²) >= 11 is 0. The van der Waals surface area contributed by atoms with Gasteiger partial charge in [0, 0.05) is 30.2 Å². The molecule has 2 aromatic carbocycles. The number of nitro benzene ring substituents is 1. The minimum atomic E-state index is -1.28. The van der Waals surface area contributed by atoms with E-state index in [9.17, 15) is 25.0 Å². The zero-order valence-electron chi connectivity index (χ0n) is 21.9. The molecule has 12 nitrogen and oxygen atoms in total. The van der Waals surface area contributed by atoms with Crippen LogP contribution in [0, 0.1) is 27.4 Å². The number of nitrogens with zero attached hydrogens (tertiary/aromatic N) is 3. The van der Waals surface area contributed by atoms with Gasteiger partial charge in [-0.2, -0.15) is 5.26 Å². The lowest BCUT2D eigenvalue weighted by atomic mass is 9.75. The topological polar surface area (TPSA) is 163 Å². The Morgan fingerprint density at radius 2 is 1.85 bits per heavy atom. The van der Waals surface area contributed by atoms with Gasteiger partial charge < -0.3 is 23.7 Å². The number of allylic oxidation sites excluding steroid dienone is 1. The van der Waals surface area contributed by atoms with Gasteiger partial charge in [-0.1, -0.05) is 12.1 Å². The number of carbonyl (C=O) groups excluding carboxylic acids is 2. The van der Waals surface area contributed by atoms with Crippen molar-refractivity contribution in [2.45, 2.75) is 25.4 Å². The largest absolute Gasteiger partial charge is 0.493 e. The molecule has 0 spiro atoms. The van der Waals surface area contributed by atoms with Crippen LogP contribution < -0.4 is 9.47 Å². The third-order valence-electron chi connectivity index (χ3n) is 6.30. The molecule has 0 N–H and O–H groups in total. The Morgan fingerprint density at radius 3 is 2.48 bits per heavy atom. The second kappa shape index (κ2) is 12.9. The highest BCUT2D eigenvalue weighted by Gasteiger charge is 2.44. The van der Waals surface area contributed by atoms with E-state index in [2.05, 4.69) is 4.99 Å². The molecule has 0 aliphatic carbocycles. The van der Waals surface area contributed by atoms with E-state index in [0.717, 1.165) is 13.7 Å². The Bertz CT molecular complexity index is 1370. The standard InChI is InChI=1S/C28H27N3O9/c1-17-24(28(33)38-12-4-11-37-20-7-9-21(10-8-20)39-15-22-16-40-22)25(18-5-3-6-19(13-18)31(34)35)26(27(32)36-2)23(14-29)30-17/h3,5-10,13,22,25-26H,4,11-12,15-16H2,1-2H3. The van der Waals surface area contributed by atoms with Gasteiger partial charge >= 0.3 is 11.9 Å². The molecule has 0 bridgehead atoms. The van der Waals surface area contributed by atoms with Gasteiger partial charge in [0.25, 0.3) is 5.69 Å². The number of hydrogen-bond donors (Lipinski definition) is 0. The third kappa shape index (κ3) is 6.81. The molecule has 12 heteroatoms. The summed E-state index contributed by atoms with van der Waals surface area (Å²) in [6, 6.07) is 14.5. The molecule has 2 aromatic rings. The smallest absolute Gasteiger partial charge is 0.336 e. The van der Waals surface area contributed by atoms with Crippen molar-refractivity contribution < 1.29 is 38.2 Å². The number of carbonyl (C=O) groups is 2. The first-order chi connectivity index (χ1) is 19.3. The van der Waals surface area contributed by atoms with Gasteiger partial charge in [-0.15, -0.1) is 0 Å². The molecule has 4 rings (SSSR count). The van der Waals surface area contributed by atoms with Gasteiger partial charge in [-0.25, -0.2) is 9.79 Å². The highest BCUT2D eigenvalue weighted by atomic mass is 16.6. The number of methoxy groups -OCH3 is 1. The lowest BCUT2D eigenvalue weighted by Crippen LogP contribution is -2.36. The fourth-order valence-electron chi connectivity index (χ4n) is 4.27. The normalized spacial score (nSPS) is 19.6. The van der Waals surface area contributed by atoms with Gasteiger partial charge in [-0.3, -0.25) is 14.9 Å². The van der Waals surface area contributed by atoms with Gasteiger partial charge in [-0.05, 0) is 36.8 Å². The molecule has 0 amide bonds. The van der Waals surface area contributed by atoms with Crippen molar-refractivity contribution in [3.05, 3.63) is 75.5 Å². The van der Waals surface area contributed by atoms with E-state index in [1.54, 1.807) is 30.3 Å². The van der Waals surface area contributed by atoms with E-state index in [0.29, 0.717) is 24.5 Å². The molecule has 2 aliphatic rings. The van der Waals surface area contributed by atoms with Crippen molar-refractivity contribution in [1.82, 2.24) is 0 Å². The molecule has 0 radical (unpaired) electrons. The number of ether oxygens (including phenoxy) is 5. The number of esters is 2. The van der Waals surface area contributed by atoms with Crippen LogP contribution in [0.5, 0.6) is 11.5 Å². The summed E-state index contributed by atoms with van der Waals surface area (Å²) in [6.45, 7) is 3.00. The molecule has 0 saturated carbocycles. The van der Waals surface area contributed by atoms with Gasteiger partial charge in [0.05, 0.1) is 37.4 Å². The van der Waals surface area contributed by atoms with E-state index in [1.165, 1.54) is 25.1 Å². The maximum absolute atomic E-state index is 13.3. The quantitative estimate of drug-likeness (QED) is 0.126. The monoisotopic (exact) mass is 549 g/mol. The third-order valence-corrected chi connectivity index (χ3v) is 6.30. The summed E-state index contributed by atoms with van der Waals surface area (Å²) < 4.78 is 26.8. The summed E-state index contributed by atoms with van der Waals surface area (Å²) in [7, 11) is 1.15. The van der Waals surface area contributed by atoms with Gasteiger partial charge in [0.15, 0.2) is 0 Å². The van der Waals surface area contributed by atoms with E-state index in [-0.39, 0.29) is 47.6 Å². The fourth-order valence-corrected chi connectivity index (χ4v) is 4.27. The van der Waals surface area contributed by atoms with Gasteiger partial charge in [0.2, 0.25) is 0 Å². The predicted octanol–water partition coefficient (Wildman–Crippen LogP) is 3.51. The second-order valence-electron chi connectivity index (χ2n) is 9.01. The summed E-state index contributed by atoms with van der Waals surface area (Å²) in [5.74, 6) is -2.59. The first-order valence-corrected chi connectivity index (χ1v) is 12.5. The average Bonchev–Trinajstić information content (AvgIpc) is 3.80. The van der Waals surface area contributed by atoms with Crippen LogP contribution in [-0.4, -0.2) is 62.2 Å². The van der Waals surface area contributed by atoms with Crippen molar-refractivity contribution in [2.24, 2.45) is 10.9 Å². The number of aliphatic imine (C=N–C) groups is 1. The molecule has 0 aromatic heterocycles. The van der Waals surface area contributed by atoms with Crippen LogP contribution in [0.3, 0.4) is 0 Å². The Hall–Kier alpha value is -4.76. The number of non-ortho nitro benzene ring substituents is 1. The van der Waals surface area contributed by atoms with Crippen LogP contribution >= 0.6 is 0 Å². The summed E-state index contributed by atoms with van der Waals surface area (Å²) in [5.41, 5.74) is 0.0660. The van der Waals surface area contributed by atoms with Crippen molar-refractivity contribution in [3.8, 4) is 17.6 Å². The number of nitro groups is 1. The Labute approximate surface area is 229 Å². The van der Waals surface area contributed by atoms with Crippen LogP contribution in [-0.2, 0) is 23.8 Å². The van der Waals surface area contributed by atoms with Crippen LogP contribution in [0.4, 0.5) is 5.69 Å². The molecule has 208 valence electrons. The molecule has 3 unspecified atom stereocenters. The molecule has 3 atom stereocenters. The van der Waals surface area contributed by atoms with Crippen molar-refractivity contribution in [2.75, 3.05) is 33.5 Å². The zero-order chi connectivity index (χ0) is 28.6. The van der Waals surface area contributed by atoms with E-state index in [4.69, 9.17) is 23.7 Å². The molecule has 2 heterocycles. The minimum absolute atomic E-state index is 0.00241. The van der Waals surface area contributed by atoms with E-state index >= 15 is 0 Å². The second-order valence-corrected chi connectivity index (χ2v) is 9.01. The zero-order valence-corrected chi connectivity index (χ0v) is 21.9. The first-order valence-electron chi connectivity index (χ1n) is 12.5. The number of rotatable bonds is 12. The molecule has 1 saturated heterocycles. The molecular formula is C28H27N3O9. The molecule has 40 heavy (non-hydrogen) atoms. The SMILES string of the molecule is COC(=O)C1C(C#N)=NC(C)=C(C(=O)OCCCOc2ccc(OCC3CO3)cc2)C1c1cccc([N+](=O)[O-])c1. The Balaban J connectivity index is 1.43. The first kappa shape index (κ1) is 28.3. The predicted molar refractivity (Wildman–Crippen MR) is 140 cm³/mol. The van der Waals surface area contributed by atoms with Crippen LogP contribution in [0.25, 0.3) is 0 Å². The molecule has 1 fully saturated rings. The van der Waals surface area contributed by atoms with E-state index in [1.807, 2.05) is 6.07 Å². The minimum Gasteiger partial charge on any atom is -0.493 e. The molecular weight excluding hydrogens is 522 g/mol. The summed E-state index contributed by atoms with van der Waals surface area (Å²) in [5, 5.41) is 21.1. The lowest BCUT2D eigenvalue weighted by molar-refractivity contribution is -0.384. The fraction of sp³-hybridized carbons (Fsp3) is 0.357. The van der Waals surface area contributed by atoms with Gasteiger partial charge in [0.1, 0.15) is 41.9 Å². The Morgan fingerprint density at radius 1 is 1.15 bits per heavy atom. The average molecular weight is 550 g/mol. The lowest BCUT2D eigenvalue weighted by Gasteiger charge is -2.30. The Kier molecular flexibility index (Phi) is 9.08. The van der Waals surface area contributed by atoms with Crippen LogP contribution in [0.15, 0.2) is 64.8 Å². The van der Waals surface area contributed by atoms with Crippen molar-refractivity contribution in [3.63, 3.8) is 0 Å². The highest BCUT2D eigenvalue weighted by Crippen LogP contribution is 2.41. The number of epoxide rings is 1. The molecule has 2 aliphatic heterocycles. The van der Waals surface area contributed by atoms with Crippen LogP contribution in [0.2, 0.25) is 0 Å². The summed E-state index contributed by atoms with van der Waals surface area (Å²) in [6.07, 6.45) is 0.532.